The second kappa shape index (κ2) is 9.78. The summed E-state index contributed by atoms with van der Waals surface area (Å²) in [7, 11) is -3.94. The number of rotatable bonds is 6. The largest absolute Gasteiger partial charge is 0.324 e. The lowest BCUT2D eigenvalue weighted by Crippen LogP contribution is -2.50. The van der Waals surface area contributed by atoms with Gasteiger partial charge in [-0.3, -0.25) is 9.69 Å². The van der Waals surface area contributed by atoms with E-state index in [0.29, 0.717) is 24.8 Å². The molecule has 33 heavy (non-hydrogen) atoms. The van der Waals surface area contributed by atoms with Gasteiger partial charge in [-0.25, -0.2) is 17.2 Å². The Morgan fingerprint density at radius 1 is 0.848 bits per heavy atom. The summed E-state index contributed by atoms with van der Waals surface area (Å²) < 4.78 is 53.3. The van der Waals surface area contributed by atoms with Crippen molar-refractivity contribution < 1.29 is 22.0 Å². The van der Waals surface area contributed by atoms with Crippen molar-refractivity contribution in [3.8, 4) is 11.1 Å². The molecule has 0 aromatic heterocycles. The minimum absolute atomic E-state index is 0.113. The van der Waals surface area contributed by atoms with Crippen LogP contribution >= 0.6 is 0 Å². The van der Waals surface area contributed by atoms with Crippen LogP contribution in [0, 0.1) is 11.6 Å². The van der Waals surface area contributed by atoms with Crippen LogP contribution in [0.4, 0.5) is 14.5 Å². The molecule has 0 unspecified atom stereocenters. The van der Waals surface area contributed by atoms with E-state index in [-0.39, 0.29) is 30.4 Å². The van der Waals surface area contributed by atoms with Gasteiger partial charge in [-0.05, 0) is 29.8 Å². The van der Waals surface area contributed by atoms with Gasteiger partial charge in [0, 0.05) is 37.4 Å². The number of nitrogens with zero attached hydrogens (tertiary/aromatic N) is 2. The van der Waals surface area contributed by atoms with Crippen molar-refractivity contribution >= 4 is 21.6 Å². The number of carbonyl (C=O) groups excluding carboxylic acids is 1. The van der Waals surface area contributed by atoms with Crippen LogP contribution in [0.1, 0.15) is 0 Å². The summed E-state index contributed by atoms with van der Waals surface area (Å²) in [5, 5.41) is 2.95. The maximum atomic E-state index is 13.5. The third-order valence-electron chi connectivity index (χ3n) is 5.51. The number of nitrogens with one attached hydrogen (secondary N) is 1. The number of benzene rings is 3. The van der Waals surface area contributed by atoms with Gasteiger partial charge >= 0.3 is 0 Å². The van der Waals surface area contributed by atoms with E-state index < -0.39 is 21.7 Å². The Kier molecular flexibility index (Phi) is 6.83. The molecule has 3 aromatic rings. The molecule has 0 bridgehead atoms. The Labute approximate surface area is 191 Å². The summed E-state index contributed by atoms with van der Waals surface area (Å²) in [5.74, 6) is -2.50. The predicted molar refractivity (Wildman–Crippen MR) is 122 cm³/mol. The molecule has 6 nitrogen and oxygen atoms in total. The van der Waals surface area contributed by atoms with Gasteiger partial charge in [0.1, 0.15) is 0 Å². The fourth-order valence-corrected chi connectivity index (χ4v) is 5.20. The molecule has 1 amide bonds. The minimum atomic E-state index is -3.94. The average molecular weight is 472 g/mol. The van der Waals surface area contributed by atoms with E-state index in [1.807, 2.05) is 59.5 Å². The normalized spacial score (nSPS) is 15.3. The van der Waals surface area contributed by atoms with Crippen molar-refractivity contribution in [2.24, 2.45) is 0 Å². The summed E-state index contributed by atoms with van der Waals surface area (Å²) in [4.78, 5) is 14.2. The lowest BCUT2D eigenvalue weighted by Gasteiger charge is -2.33. The van der Waals surface area contributed by atoms with Gasteiger partial charge < -0.3 is 5.32 Å². The Morgan fingerprint density at radius 2 is 1.52 bits per heavy atom. The number of piperazine rings is 1. The standard InChI is InChI=1S/C24H23F2N3O3S/c25-21-11-10-19(16-22(21)26)33(31,32)29-14-12-28(13-15-29)17-24(30)27-23-9-5-4-8-20(23)18-6-2-1-3-7-18/h1-11,16H,12-15,17H2,(H,27,30). The molecule has 1 fully saturated rings. The molecule has 0 spiro atoms. The Bertz CT molecular complexity index is 1240. The van der Waals surface area contributed by atoms with Gasteiger partial charge in [0.15, 0.2) is 11.6 Å². The molecular weight excluding hydrogens is 448 g/mol. The van der Waals surface area contributed by atoms with Crippen LogP contribution in [0.15, 0.2) is 77.7 Å². The van der Waals surface area contributed by atoms with Crippen LogP contribution in [-0.2, 0) is 14.8 Å². The summed E-state index contributed by atoms with van der Waals surface area (Å²) in [6, 6.07) is 19.8. The molecule has 0 aliphatic carbocycles. The highest BCUT2D eigenvalue weighted by atomic mass is 32.2. The average Bonchev–Trinajstić information content (AvgIpc) is 2.82. The quantitative estimate of drug-likeness (QED) is 0.597. The molecule has 3 aromatic carbocycles. The molecule has 9 heteroatoms. The van der Waals surface area contributed by atoms with E-state index in [1.54, 1.807) is 0 Å². The molecule has 1 saturated heterocycles. The van der Waals surface area contributed by atoms with Crippen molar-refractivity contribution in [3.63, 3.8) is 0 Å². The topological polar surface area (TPSA) is 69.7 Å². The predicted octanol–water partition coefficient (Wildman–Crippen LogP) is 3.58. The van der Waals surface area contributed by atoms with Gasteiger partial charge in [-0.2, -0.15) is 4.31 Å². The van der Waals surface area contributed by atoms with Gasteiger partial charge in [-0.1, -0.05) is 48.5 Å². The first kappa shape index (κ1) is 23.0. The molecule has 0 atom stereocenters. The molecule has 1 N–H and O–H groups in total. The molecule has 1 aliphatic heterocycles. The Balaban J connectivity index is 1.36. The van der Waals surface area contributed by atoms with E-state index in [2.05, 4.69) is 5.32 Å². The highest BCUT2D eigenvalue weighted by molar-refractivity contribution is 7.89. The van der Waals surface area contributed by atoms with E-state index in [9.17, 15) is 22.0 Å². The maximum Gasteiger partial charge on any atom is 0.243 e. The number of amides is 1. The first-order valence-electron chi connectivity index (χ1n) is 10.5. The molecule has 1 aliphatic rings. The van der Waals surface area contributed by atoms with Crippen molar-refractivity contribution in [1.29, 1.82) is 0 Å². The van der Waals surface area contributed by atoms with Gasteiger partial charge in [-0.15, -0.1) is 0 Å². The Morgan fingerprint density at radius 3 is 2.21 bits per heavy atom. The molecule has 172 valence electrons. The van der Waals surface area contributed by atoms with Crippen molar-refractivity contribution in [2.75, 3.05) is 38.0 Å². The summed E-state index contributed by atoms with van der Waals surface area (Å²) >= 11 is 0. The van der Waals surface area contributed by atoms with Crippen molar-refractivity contribution in [1.82, 2.24) is 9.21 Å². The minimum Gasteiger partial charge on any atom is -0.324 e. The second-order valence-electron chi connectivity index (χ2n) is 7.72. The lowest BCUT2D eigenvalue weighted by molar-refractivity contribution is -0.117. The summed E-state index contributed by atoms with van der Waals surface area (Å²) in [6.45, 7) is 1.10. The number of anilines is 1. The fourth-order valence-electron chi connectivity index (χ4n) is 3.77. The smallest absolute Gasteiger partial charge is 0.243 e. The molecule has 1 heterocycles. The van der Waals surface area contributed by atoms with E-state index in [0.717, 1.165) is 23.3 Å². The van der Waals surface area contributed by atoms with Crippen LogP contribution < -0.4 is 5.32 Å². The molecule has 0 saturated carbocycles. The van der Waals surface area contributed by atoms with Crippen molar-refractivity contribution in [3.05, 3.63) is 84.4 Å². The van der Waals surface area contributed by atoms with E-state index in [1.165, 1.54) is 4.31 Å². The SMILES string of the molecule is O=C(CN1CCN(S(=O)(=O)c2ccc(F)c(F)c2)CC1)Nc1ccccc1-c1ccccc1. The highest BCUT2D eigenvalue weighted by Crippen LogP contribution is 2.27. The molecular formula is C24H23F2N3O3S. The second-order valence-corrected chi connectivity index (χ2v) is 9.65. The van der Waals surface area contributed by atoms with Crippen LogP contribution in [0.2, 0.25) is 0 Å². The zero-order chi connectivity index (χ0) is 23.4. The van der Waals surface area contributed by atoms with Crippen LogP contribution in [-0.4, -0.2) is 56.3 Å². The highest BCUT2D eigenvalue weighted by Gasteiger charge is 2.29. The number of hydrogen-bond donors (Lipinski definition) is 1. The van der Waals surface area contributed by atoms with Crippen LogP contribution in [0.3, 0.4) is 0 Å². The van der Waals surface area contributed by atoms with E-state index in [4.69, 9.17) is 0 Å². The first-order chi connectivity index (χ1) is 15.8. The van der Waals surface area contributed by atoms with Crippen molar-refractivity contribution in [2.45, 2.75) is 4.90 Å². The number of hydrogen-bond acceptors (Lipinski definition) is 4. The number of carbonyl (C=O) groups is 1. The molecule has 4 rings (SSSR count). The maximum absolute atomic E-state index is 13.5. The Hall–Kier alpha value is -3.14. The summed E-state index contributed by atoms with van der Waals surface area (Å²) in [5.41, 5.74) is 2.60. The number of para-hydroxylation sites is 1. The monoisotopic (exact) mass is 471 g/mol. The third-order valence-corrected chi connectivity index (χ3v) is 7.41. The van der Waals surface area contributed by atoms with Gasteiger partial charge in [0.25, 0.3) is 0 Å². The van der Waals surface area contributed by atoms with Gasteiger partial charge in [0.2, 0.25) is 15.9 Å². The first-order valence-corrected chi connectivity index (χ1v) is 11.9. The fraction of sp³-hybridized carbons (Fsp3) is 0.208. The number of sulfonamides is 1. The van der Waals surface area contributed by atoms with Crippen LogP contribution in [0.5, 0.6) is 0 Å². The lowest BCUT2D eigenvalue weighted by atomic mass is 10.0. The third kappa shape index (κ3) is 5.27. The van der Waals surface area contributed by atoms with Gasteiger partial charge in [0.05, 0.1) is 11.4 Å². The van der Waals surface area contributed by atoms with Crippen LogP contribution in [0.25, 0.3) is 11.1 Å². The molecule has 0 radical (unpaired) electrons. The zero-order valence-electron chi connectivity index (χ0n) is 17.7. The van der Waals surface area contributed by atoms with E-state index >= 15 is 0 Å². The summed E-state index contributed by atoms with van der Waals surface area (Å²) in [6.07, 6.45) is 0. The number of halogens is 2. The zero-order valence-corrected chi connectivity index (χ0v) is 18.6.